The lowest BCUT2D eigenvalue weighted by atomic mass is 9.90. The zero-order valence-electron chi connectivity index (χ0n) is 13.2. The summed E-state index contributed by atoms with van der Waals surface area (Å²) >= 11 is 0. The van der Waals surface area contributed by atoms with Gasteiger partial charge in [0.25, 0.3) is 0 Å². The van der Waals surface area contributed by atoms with Crippen LogP contribution in [0.25, 0.3) is 0 Å². The molecule has 0 atom stereocenters. The topological polar surface area (TPSA) is 41.1 Å². The minimum Gasteiger partial charge on any atom is -0.356 e. The molecular formula is C15H32N2O. The van der Waals surface area contributed by atoms with Crippen LogP contribution in [-0.2, 0) is 4.79 Å². The van der Waals surface area contributed by atoms with E-state index in [9.17, 15) is 4.79 Å². The van der Waals surface area contributed by atoms with Gasteiger partial charge in [0.05, 0.1) is 0 Å². The molecule has 0 aliphatic rings. The van der Waals surface area contributed by atoms with Crippen molar-refractivity contribution in [3.8, 4) is 0 Å². The maximum absolute atomic E-state index is 11.6. The molecule has 2 N–H and O–H groups in total. The molecule has 0 fully saturated rings. The van der Waals surface area contributed by atoms with Crippen LogP contribution in [0.3, 0.4) is 0 Å². The van der Waals surface area contributed by atoms with E-state index < -0.39 is 0 Å². The van der Waals surface area contributed by atoms with Crippen molar-refractivity contribution in [2.75, 3.05) is 13.1 Å². The summed E-state index contributed by atoms with van der Waals surface area (Å²) < 4.78 is 0. The van der Waals surface area contributed by atoms with Crippen LogP contribution in [0.2, 0.25) is 0 Å². The standard InChI is InChI=1S/C15H32N2O/c1-14(2,3)10-7-9-13(18)16-11-8-12-17-15(4,5)6/h17H,7-12H2,1-6H3,(H,16,18). The molecule has 0 saturated carbocycles. The molecule has 0 aliphatic carbocycles. The minimum atomic E-state index is 0.163. The summed E-state index contributed by atoms with van der Waals surface area (Å²) in [5.41, 5.74) is 0.494. The Morgan fingerprint density at radius 2 is 1.56 bits per heavy atom. The quantitative estimate of drug-likeness (QED) is 0.687. The zero-order chi connectivity index (χ0) is 14.2. The second-order valence-electron chi connectivity index (χ2n) is 7.29. The average molecular weight is 256 g/mol. The molecule has 0 rings (SSSR count). The molecule has 0 heterocycles. The lowest BCUT2D eigenvalue weighted by molar-refractivity contribution is -0.121. The van der Waals surface area contributed by atoms with Gasteiger partial charge in [-0.15, -0.1) is 0 Å². The first-order chi connectivity index (χ1) is 8.10. The smallest absolute Gasteiger partial charge is 0.219 e. The Bertz CT molecular complexity index is 236. The summed E-state index contributed by atoms with van der Waals surface area (Å²) in [6.07, 6.45) is 3.73. The maximum atomic E-state index is 11.6. The lowest BCUT2D eigenvalue weighted by Crippen LogP contribution is -2.37. The molecule has 1 amide bonds. The molecule has 0 aromatic heterocycles. The third-order valence-electron chi connectivity index (χ3n) is 2.66. The molecule has 0 aromatic rings. The average Bonchev–Trinajstić information content (AvgIpc) is 2.13. The van der Waals surface area contributed by atoms with Gasteiger partial charge in [0.1, 0.15) is 0 Å². The van der Waals surface area contributed by atoms with E-state index in [2.05, 4.69) is 52.2 Å². The molecule has 18 heavy (non-hydrogen) atoms. The van der Waals surface area contributed by atoms with Crippen molar-refractivity contribution >= 4 is 5.91 Å². The molecular weight excluding hydrogens is 224 g/mol. The van der Waals surface area contributed by atoms with Crippen LogP contribution in [0.1, 0.15) is 67.2 Å². The molecule has 3 heteroatoms. The van der Waals surface area contributed by atoms with E-state index in [1.54, 1.807) is 0 Å². The number of hydrogen-bond acceptors (Lipinski definition) is 2. The van der Waals surface area contributed by atoms with Gasteiger partial charge >= 0.3 is 0 Å². The molecule has 0 radical (unpaired) electrons. The van der Waals surface area contributed by atoms with Gasteiger partial charge in [-0.1, -0.05) is 20.8 Å². The van der Waals surface area contributed by atoms with Crippen LogP contribution >= 0.6 is 0 Å². The normalized spacial score (nSPS) is 12.6. The van der Waals surface area contributed by atoms with Crippen LogP contribution in [-0.4, -0.2) is 24.5 Å². The van der Waals surface area contributed by atoms with Crippen molar-refractivity contribution in [1.29, 1.82) is 0 Å². The first-order valence-electron chi connectivity index (χ1n) is 7.12. The fraction of sp³-hybridized carbons (Fsp3) is 0.933. The molecule has 108 valence electrons. The monoisotopic (exact) mass is 256 g/mol. The molecule has 0 saturated heterocycles. The van der Waals surface area contributed by atoms with Gasteiger partial charge in [0.2, 0.25) is 5.91 Å². The van der Waals surface area contributed by atoms with Gasteiger partial charge < -0.3 is 10.6 Å². The Labute approximate surface area is 113 Å². The number of hydrogen-bond donors (Lipinski definition) is 2. The van der Waals surface area contributed by atoms with E-state index in [4.69, 9.17) is 0 Å². The van der Waals surface area contributed by atoms with Gasteiger partial charge in [-0.05, 0) is 52.0 Å². The predicted octanol–water partition coefficient (Wildman–Crippen LogP) is 3.10. The van der Waals surface area contributed by atoms with Gasteiger partial charge in [-0.3, -0.25) is 4.79 Å². The zero-order valence-corrected chi connectivity index (χ0v) is 13.2. The number of amides is 1. The fourth-order valence-corrected chi connectivity index (χ4v) is 1.65. The van der Waals surface area contributed by atoms with E-state index in [0.717, 1.165) is 32.4 Å². The lowest BCUT2D eigenvalue weighted by Gasteiger charge is -2.20. The summed E-state index contributed by atoms with van der Waals surface area (Å²) in [5.74, 6) is 0.190. The van der Waals surface area contributed by atoms with Gasteiger partial charge in [0.15, 0.2) is 0 Å². The fourth-order valence-electron chi connectivity index (χ4n) is 1.65. The predicted molar refractivity (Wildman–Crippen MR) is 78.7 cm³/mol. The molecule has 0 aromatic carbocycles. The van der Waals surface area contributed by atoms with Crippen molar-refractivity contribution in [2.24, 2.45) is 5.41 Å². The van der Waals surface area contributed by atoms with E-state index in [-0.39, 0.29) is 11.4 Å². The van der Waals surface area contributed by atoms with Gasteiger partial charge in [-0.2, -0.15) is 0 Å². The number of carbonyl (C=O) groups is 1. The van der Waals surface area contributed by atoms with E-state index >= 15 is 0 Å². The van der Waals surface area contributed by atoms with Crippen LogP contribution in [0.4, 0.5) is 0 Å². The van der Waals surface area contributed by atoms with Crippen molar-refractivity contribution in [3.05, 3.63) is 0 Å². The van der Waals surface area contributed by atoms with Crippen molar-refractivity contribution in [3.63, 3.8) is 0 Å². The molecule has 0 bridgehead atoms. The van der Waals surface area contributed by atoms with Crippen molar-refractivity contribution in [2.45, 2.75) is 72.8 Å². The highest BCUT2D eigenvalue weighted by molar-refractivity contribution is 5.75. The second-order valence-corrected chi connectivity index (χ2v) is 7.29. The summed E-state index contributed by atoms with van der Waals surface area (Å²) in [7, 11) is 0. The number of rotatable bonds is 7. The summed E-state index contributed by atoms with van der Waals surface area (Å²) in [4.78, 5) is 11.6. The van der Waals surface area contributed by atoms with Crippen LogP contribution < -0.4 is 10.6 Å². The first-order valence-corrected chi connectivity index (χ1v) is 7.12. The summed E-state index contributed by atoms with van der Waals surface area (Å²) in [6, 6.07) is 0. The van der Waals surface area contributed by atoms with Gasteiger partial charge in [-0.25, -0.2) is 0 Å². The largest absolute Gasteiger partial charge is 0.356 e. The van der Waals surface area contributed by atoms with E-state index in [0.29, 0.717) is 11.8 Å². The third kappa shape index (κ3) is 13.5. The molecule has 3 nitrogen and oxygen atoms in total. The van der Waals surface area contributed by atoms with E-state index in [1.165, 1.54) is 0 Å². The number of carbonyl (C=O) groups excluding carboxylic acids is 1. The Hall–Kier alpha value is -0.570. The van der Waals surface area contributed by atoms with Crippen LogP contribution in [0.5, 0.6) is 0 Å². The first kappa shape index (κ1) is 17.4. The Balaban J connectivity index is 3.44. The highest BCUT2D eigenvalue weighted by Gasteiger charge is 2.11. The number of nitrogens with one attached hydrogen (secondary N) is 2. The molecule has 0 spiro atoms. The molecule has 0 aliphatic heterocycles. The SMILES string of the molecule is CC(C)(C)CCCC(=O)NCCCNC(C)(C)C. The summed E-state index contributed by atoms with van der Waals surface area (Å²) in [6.45, 7) is 14.8. The Morgan fingerprint density at radius 1 is 0.944 bits per heavy atom. The summed E-state index contributed by atoms with van der Waals surface area (Å²) in [5, 5.41) is 6.38. The van der Waals surface area contributed by atoms with Crippen LogP contribution in [0.15, 0.2) is 0 Å². The highest BCUT2D eigenvalue weighted by Crippen LogP contribution is 2.21. The minimum absolute atomic E-state index is 0.163. The van der Waals surface area contributed by atoms with Crippen molar-refractivity contribution < 1.29 is 4.79 Å². The Kier molecular flexibility index (Phi) is 7.53. The highest BCUT2D eigenvalue weighted by atomic mass is 16.1. The van der Waals surface area contributed by atoms with E-state index in [1.807, 2.05) is 0 Å². The van der Waals surface area contributed by atoms with Gasteiger partial charge in [0, 0.05) is 18.5 Å². The van der Waals surface area contributed by atoms with Crippen molar-refractivity contribution in [1.82, 2.24) is 10.6 Å². The maximum Gasteiger partial charge on any atom is 0.219 e. The third-order valence-corrected chi connectivity index (χ3v) is 2.66. The van der Waals surface area contributed by atoms with Crippen LogP contribution in [0, 0.1) is 5.41 Å². The Morgan fingerprint density at radius 3 is 2.06 bits per heavy atom. The molecule has 0 unspecified atom stereocenters. The second kappa shape index (κ2) is 7.78.